The molecule has 0 amide bonds. The highest BCUT2D eigenvalue weighted by Gasteiger charge is 2.63. The molecule has 8 heteroatoms. The van der Waals surface area contributed by atoms with Crippen molar-refractivity contribution >= 4 is 11.9 Å². The van der Waals surface area contributed by atoms with Crippen LogP contribution in [-0.4, -0.2) is 21.1 Å². The number of hydrogen-bond acceptors (Lipinski definition) is 5. The van der Waals surface area contributed by atoms with Gasteiger partial charge in [0.2, 0.25) is 11.9 Å². The smallest absolute Gasteiger partial charge is 0.368 e. The van der Waals surface area contributed by atoms with E-state index in [4.69, 9.17) is 11.5 Å². The molecule has 0 atom stereocenters. The van der Waals surface area contributed by atoms with E-state index in [0.717, 1.165) is 0 Å². The minimum Gasteiger partial charge on any atom is -0.368 e. The quantitative estimate of drug-likeness (QED) is 0.792. The minimum absolute atomic E-state index is 0.000162. The zero-order chi connectivity index (χ0) is 12.0. The average Bonchev–Trinajstić information content (AvgIpc) is 2.81. The highest BCUT2D eigenvalue weighted by Crippen LogP contribution is 2.59. The number of anilines is 2. The summed E-state index contributed by atoms with van der Waals surface area (Å²) in [4.78, 5) is 10.8. The number of alkyl halides is 3. The topological polar surface area (TPSA) is 90.7 Å². The van der Waals surface area contributed by atoms with E-state index in [1.165, 1.54) is 0 Å². The summed E-state index contributed by atoms with van der Waals surface area (Å²) in [5.74, 6) is -0.305. The van der Waals surface area contributed by atoms with Gasteiger partial charge in [0.1, 0.15) is 5.82 Å². The molecule has 88 valence electrons. The normalized spacial score (nSPS) is 18.4. The Labute approximate surface area is 89.1 Å². The number of nitrogens with zero attached hydrogens (tertiary/aromatic N) is 3. The minimum atomic E-state index is -4.23. The highest BCUT2D eigenvalue weighted by atomic mass is 19.4. The van der Waals surface area contributed by atoms with Crippen LogP contribution in [0.4, 0.5) is 25.1 Å². The van der Waals surface area contributed by atoms with Crippen molar-refractivity contribution in [2.24, 2.45) is 5.41 Å². The van der Waals surface area contributed by atoms with Gasteiger partial charge in [-0.1, -0.05) is 0 Å². The third-order valence-electron chi connectivity index (χ3n) is 2.67. The van der Waals surface area contributed by atoms with Crippen molar-refractivity contribution in [3.63, 3.8) is 0 Å². The van der Waals surface area contributed by atoms with Gasteiger partial charge in [-0.15, -0.1) is 0 Å². The molecule has 5 nitrogen and oxygen atoms in total. The molecule has 0 spiro atoms. The van der Waals surface area contributed by atoms with Gasteiger partial charge in [-0.3, -0.25) is 0 Å². The fraction of sp³-hybridized carbons (Fsp3) is 0.625. The second-order valence-corrected chi connectivity index (χ2v) is 3.92. The first kappa shape index (κ1) is 10.9. The Morgan fingerprint density at radius 2 is 1.56 bits per heavy atom. The van der Waals surface area contributed by atoms with Gasteiger partial charge >= 0.3 is 6.18 Å². The monoisotopic (exact) mass is 233 g/mol. The van der Waals surface area contributed by atoms with Crippen LogP contribution in [0.15, 0.2) is 0 Å². The summed E-state index contributed by atoms with van der Waals surface area (Å²) in [6.07, 6.45) is -4.32. The van der Waals surface area contributed by atoms with Crippen molar-refractivity contribution < 1.29 is 13.2 Å². The van der Waals surface area contributed by atoms with Crippen molar-refractivity contribution in [3.05, 3.63) is 5.82 Å². The maximum atomic E-state index is 12.6. The van der Waals surface area contributed by atoms with Gasteiger partial charge in [0.15, 0.2) is 0 Å². The summed E-state index contributed by atoms with van der Waals surface area (Å²) >= 11 is 0. The predicted octanol–water partition coefficient (Wildman–Crippen LogP) is 0.921. The van der Waals surface area contributed by atoms with Crippen LogP contribution in [0.5, 0.6) is 0 Å². The maximum Gasteiger partial charge on any atom is 0.394 e. The number of nitrogens with two attached hydrogens (primary N) is 2. The predicted molar refractivity (Wildman–Crippen MR) is 50.1 cm³/mol. The van der Waals surface area contributed by atoms with E-state index in [-0.39, 0.29) is 37.0 Å². The maximum absolute atomic E-state index is 12.6. The molecule has 0 aliphatic heterocycles. The summed E-state index contributed by atoms with van der Waals surface area (Å²) in [6.45, 7) is 0. The molecule has 4 N–H and O–H groups in total. The lowest BCUT2D eigenvalue weighted by atomic mass is 10.0. The largest absolute Gasteiger partial charge is 0.394 e. The molecule has 16 heavy (non-hydrogen) atoms. The van der Waals surface area contributed by atoms with Crippen LogP contribution < -0.4 is 11.5 Å². The molecule has 0 bridgehead atoms. The molecule has 1 fully saturated rings. The van der Waals surface area contributed by atoms with E-state index in [1.807, 2.05) is 0 Å². The van der Waals surface area contributed by atoms with Crippen LogP contribution in [0.25, 0.3) is 0 Å². The molecule has 2 rings (SSSR count). The van der Waals surface area contributed by atoms with Crippen LogP contribution in [0.3, 0.4) is 0 Å². The Kier molecular flexibility index (Phi) is 2.18. The van der Waals surface area contributed by atoms with E-state index < -0.39 is 11.6 Å². The lowest BCUT2D eigenvalue weighted by molar-refractivity contribution is -0.187. The molecule has 1 aliphatic carbocycles. The Morgan fingerprint density at radius 3 is 1.94 bits per heavy atom. The molecule has 0 aromatic carbocycles. The van der Waals surface area contributed by atoms with E-state index in [0.29, 0.717) is 0 Å². The van der Waals surface area contributed by atoms with Gasteiger partial charge in [0.25, 0.3) is 0 Å². The molecule has 1 heterocycles. The first-order valence-electron chi connectivity index (χ1n) is 4.65. The zero-order valence-corrected chi connectivity index (χ0v) is 8.25. The average molecular weight is 233 g/mol. The summed E-state index contributed by atoms with van der Waals surface area (Å²) in [5, 5.41) is 0. The van der Waals surface area contributed by atoms with E-state index in [9.17, 15) is 13.2 Å². The number of halogens is 3. The Hall–Kier alpha value is -1.60. The first-order chi connectivity index (χ1) is 7.32. The Morgan fingerprint density at radius 1 is 1.06 bits per heavy atom. The first-order valence-corrected chi connectivity index (χ1v) is 4.65. The third kappa shape index (κ3) is 1.86. The van der Waals surface area contributed by atoms with E-state index in [1.54, 1.807) is 0 Å². The summed E-state index contributed by atoms with van der Waals surface area (Å²) in [7, 11) is 0. The molecule has 0 saturated heterocycles. The van der Waals surface area contributed by atoms with Gasteiger partial charge < -0.3 is 11.5 Å². The molecule has 0 radical (unpaired) electrons. The fourth-order valence-corrected chi connectivity index (χ4v) is 1.55. The lowest BCUT2D eigenvalue weighted by Gasteiger charge is -2.17. The van der Waals surface area contributed by atoms with Gasteiger partial charge in [-0.25, -0.2) is 0 Å². The van der Waals surface area contributed by atoms with Crippen LogP contribution in [0.1, 0.15) is 18.7 Å². The Balaban J connectivity index is 2.22. The number of hydrogen-bond donors (Lipinski definition) is 2. The summed E-state index contributed by atoms with van der Waals surface area (Å²) in [5.41, 5.74) is 8.88. The van der Waals surface area contributed by atoms with E-state index in [2.05, 4.69) is 15.0 Å². The van der Waals surface area contributed by atoms with E-state index >= 15 is 0 Å². The zero-order valence-electron chi connectivity index (χ0n) is 8.25. The number of aromatic nitrogens is 3. The third-order valence-corrected chi connectivity index (χ3v) is 2.67. The van der Waals surface area contributed by atoms with Crippen molar-refractivity contribution in [3.8, 4) is 0 Å². The van der Waals surface area contributed by atoms with Crippen molar-refractivity contribution in [2.45, 2.75) is 25.4 Å². The molecule has 1 aromatic rings. The van der Waals surface area contributed by atoms with Crippen molar-refractivity contribution in [2.75, 3.05) is 11.5 Å². The molecule has 1 aliphatic rings. The molecular formula is C8H10F3N5. The van der Waals surface area contributed by atoms with Crippen molar-refractivity contribution in [1.82, 2.24) is 15.0 Å². The molecule has 1 saturated carbocycles. The fourth-order valence-electron chi connectivity index (χ4n) is 1.55. The van der Waals surface area contributed by atoms with Crippen LogP contribution >= 0.6 is 0 Å². The van der Waals surface area contributed by atoms with Crippen LogP contribution in [0, 0.1) is 5.41 Å². The number of rotatable bonds is 2. The SMILES string of the molecule is Nc1nc(N)nc(CC2(C(F)(F)F)CC2)n1. The molecule has 0 unspecified atom stereocenters. The van der Waals surface area contributed by atoms with Gasteiger partial charge in [0, 0.05) is 6.42 Å². The van der Waals surface area contributed by atoms with Crippen molar-refractivity contribution in [1.29, 1.82) is 0 Å². The van der Waals surface area contributed by atoms with Gasteiger partial charge in [0.05, 0.1) is 5.41 Å². The van der Waals surface area contributed by atoms with Crippen LogP contribution in [-0.2, 0) is 6.42 Å². The second kappa shape index (κ2) is 3.19. The summed E-state index contributed by atoms with van der Waals surface area (Å²) in [6, 6.07) is 0. The molecular weight excluding hydrogens is 223 g/mol. The Bertz CT molecular complexity index is 392. The van der Waals surface area contributed by atoms with Crippen LogP contribution in [0.2, 0.25) is 0 Å². The molecule has 1 aromatic heterocycles. The second-order valence-electron chi connectivity index (χ2n) is 3.92. The lowest BCUT2D eigenvalue weighted by Crippen LogP contribution is -2.27. The summed E-state index contributed by atoms with van der Waals surface area (Å²) < 4.78 is 37.9. The van der Waals surface area contributed by atoms with Gasteiger partial charge in [-0.05, 0) is 12.8 Å². The standard InChI is InChI=1S/C8H10F3N5/c9-8(10,11)7(1-2-7)3-4-14-5(12)16-6(13)15-4/h1-3H2,(H4,12,13,14,15,16). The highest BCUT2D eigenvalue weighted by molar-refractivity contribution is 5.26. The number of nitrogen functional groups attached to an aromatic ring is 2. The van der Waals surface area contributed by atoms with Gasteiger partial charge in [-0.2, -0.15) is 28.1 Å².